The molecule has 0 saturated heterocycles. The standard InChI is InChI=1S/C4H5NO2/c1-3(2-5)4(6)7/h3H,1H3,(H,6,7)/p-1. The van der Waals surface area contributed by atoms with Crippen molar-refractivity contribution in [3.05, 3.63) is 0 Å². The molecule has 0 aromatic carbocycles. The van der Waals surface area contributed by atoms with Crippen LogP contribution in [0, 0.1) is 17.2 Å². The van der Waals surface area contributed by atoms with Crippen molar-refractivity contribution in [3.8, 4) is 6.07 Å². The lowest BCUT2D eigenvalue weighted by Gasteiger charge is -1.98. The predicted molar refractivity (Wildman–Crippen MR) is 19.8 cm³/mol. The number of carbonyl (C=O) groups is 1. The molecule has 0 heterocycles. The van der Waals surface area contributed by atoms with E-state index in [9.17, 15) is 9.90 Å². The van der Waals surface area contributed by atoms with Crippen LogP contribution in [0.3, 0.4) is 0 Å². The van der Waals surface area contributed by atoms with Crippen LogP contribution in [0.4, 0.5) is 0 Å². The van der Waals surface area contributed by atoms with Crippen LogP contribution in [0.1, 0.15) is 6.92 Å². The van der Waals surface area contributed by atoms with E-state index in [4.69, 9.17) is 5.26 Å². The zero-order valence-corrected chi connectivity index (χ0v) is 3.84. The molecule has 0 spiro atoms. The first-order valence-corrected chi connectivity index (χ1v) is 1.79. The number of aliphatic carboxylic acids is 1. The summed E-state index contributed by atoms with van der Waals surface area (Å²) in [6, 6.07) is 1.50. The van der Waals surface area contributed by atoms with Crippen molar-refractivity contribution in [2.45, 2.75) is 6.92 Å². The lowest BCUT2D eigenvalue weighted by atomic mass is 10.2. The second-order valence-electron chi connectivity index (χ2n) is 1.17. The average Bonchev–Trinajstić information content (AvgIpc) is 1.65. The van der Waals surface area contributed by atoms with Gasteiger partial charge in [0.1, 0.15) is 0 Å². The van der Waals surface area contributed by atoms with Gasteiger partial charge in [-0.15, -0.1) is 0 Å². The van der Waals surface area contributed by atoms with E-state index in [0.717, 1.165) is 0 Å². The van der Waals surface area contributed by atoms with E-state index in [1.807, 2.05) is 0 Å². The maximum Gasteiger partial charge on any atom is 0.0830 e. The van der Waals surface area contributed by atoms with Crippen LogP contribution in [0.5, 0.6) is 0 Å². The molecule has 0 aromatic rings. The molecule has 3 heteroatoms. The summed E-state index contributed by atoms with van der Waals surface area (Å²) >= 11 is 0. The van der Waals surface area contributed by atoms with Gasteiger partial charge in [-0.2, -0.15) is 5.26 Å². The Hall–Kier alpha value is -1.04. The first-order chi connectivity index (χ1) is 3.18. The summed E-state index contributed by atoms with van der Waals surface area (Å²) in [5.41, 5.74) is 0. The average molecular weight is 98.1 g/mol. The Morgan fingerprint density at radius 2 is 2.43 bits per heavy atom. The smallest absolute Gasteiger partial charge is 0.0830 e. The van der Waals surface area contributed by atoms with E-state index < -0.39 is 11.9 Å². The minimum atomic E-state index is -1.32. The maximum absolute atomic E-state index is 9.60. The minimum absolute atomic E-state index is 0.986. The van der Waals surface area contributed by atoms with Crippen molar-refractivity contribution in [1.82, 2.24) is 0 Å². The highest BCUT2D eigenvalue weighted by molar-refractivity contribution is 5.69. The van der Waals surface area contributed by atoms with Crippen molar-refractivity contribution in [2.75, 3.05) is 0 Å². The Kier molecular flexibility index (Phi) is 1.86. The van der Waals surface area contributed by atoms with Gasteiger partial charge in [-0.1, -0.05) is 0 Å². The molecule has 0 bridgehead atoms. The fourth-order valence-electron chi connectivity index (χ4n) is 0.0527. The van der Waals surface area contributed by atoms with E-state index >= 15 is 0 Å². The van der Waals surface area contributed by atoms with E-state index in [1.165, 1.54) is 13.0 Å². The minimum Gasteiger partial charge on any atom is -0.549 e. The number of nitrogens with zero attached hydrogens (tertiary/aromatic N) is 1. The number of carbonyl (C=O) groups excluding carboxylic acids is 1. The molecule has 1 atom stereocenters. The van der Waals surface area contributed by atoms with E-state index in [0.29, 0.717) is 0 Å². The van der Waals surface area contributed by atoms with Gasteiger partial charge in [0, 0.05) is 0 Å². The summed E-state index contributed by atoms with van der Waals surface area (Å²) in [7, 11) is 0. The molecule has 0 rings (SSSR count). The molecular formula is C4H4NO2-. The first-order valence-electron chi connectivity index (χ1n) is 1.79. The highest BCUT2D eigenvalue weighted by Gasteiger charge is 1.95. The van der Waals surface area contributed by atoms with Gasteiger partial charge in [0.2, 0.25) is 0 Å². The lowest BCUT2D eigenvalue weighted by molar-refractivity contribution is -0.308. The van der Waals surface area contributed by atoms with Gasteiger partial charge in [-0.25, -0.2) is 0 Å². The van der Waals surface area contributed by atoms with E-state index in [1.54, 1.807) is 0 Å². The molecule has 0 aliphatic heterocycles. The van der Waals surface area contributed by atoms with Gasteiger partial charge in [0.15, 0.2) is 0 Å². The zero-order chi connectivity index (χ0) is 5.86. The zero-order valence-electron chi connectivity index (χ0n) is 3.84. The largest absolute Gasteiger partial charge is 0.549 e. The summed E-state index contributed by atoms with van der Waals surface area (Å²) in [5.74, 6) is -2.30. The molecule has 0 radical (unpaired) electrons. The molecule has 0 saturated carbocycles. The Labute approximate surface area is 41.2 Å². The number of carboxylic acid groups (broad SMARTS) is 1. The summed E-state index contributed by atoms with van der Waals surface area (Å²) in [6.07, 6.45) is 0. The summed E-state index contributed by atoms with van der Waals surface area (Å²) in [4.78, 5) is 9.60. The monoisotopic (exact) mass is 98.0 g/mol. The highest BCUT2D eigenvalue weighted by Crippen LogP contribution is 1.84. The molecule has 0 aliphatic carbocycles. The fraction of sp³-hybridized carbons (Fsp3) is 0.500. The van der Waals surface area contributed by atoms with Crippen LogP contribution in [-0.4, -0.2) is 5.97 Å². The third-order valence-corrected chi connectivity index (χ3v) is 0.547. The third kappa shape index (κ3) is 1.77. The Bertz CT molecular complexity index is 113. The van der Waals surface area contributed by atoms with Crippen LogP contribution in [0.2, 0.25) is 0 Å². The molecular weight excluding hydrogens is 94.0 g/mol. The van der Waals surface area contributed by atoms with Crippen LogP contribution in [0.15, 0.2) is 0 Å². The summed E-state index contributed by atoms with van der Waals surface area (Å²) in [5, 5.41) is 17.4. The Morgan fingerprint density at radius 1 is 2.00 bits per heavy atom. The molecule has 0 fully saturated rings. The molecule has 3 nitrogen and oxygen atoms in total. The number of nitriles is 1. The van der Waals surface area contributed by atoms with E-state index in [-0.39, 0.29) is 0 Å². The summed E-state index contributed by atoms with van der Waals surface area (Å²) < 4.78 is 0. The second-order valence-corrected chi connectivity index (χ2v) is 1.17. The SMILES string of the molecule is CC(C#N)C(=O)[O-]. The molecule has 0 aliphatic rings. The van der Waals surface area contributed by atoms with Crippen LogP contribution in [-0.2, 0) is 4.79 Å². The van der Waals surface area contributed by atoms with Gasteiger partial charge < -0.3 is 9.90 Å². The van der Waals surface area contributed by atoms with Gasteiger partial charge in [0.05, 0.1) is 18.0 Å². The quantitative estimate of drug-likeness (QED) is 0.418. The van der Waals surface area contributed by atoms with Gasteiger partial charge in [-0.05, 0) is 6.92 Å². The van der Waals surface area contributed by atoms with E-state index in [2.05, 4.69) is 0 Å². The van der Waals surface area contributed by atoms with Crippen molar-refractivity contribution >= 4 is 5.97 Å². The molecule has 0 amide bonds. The van der Waals surface area contributed by atoms with Crippen molar-refractivity contribution < 1.29 is 9.90 Å². The van der Waals surface area contributed by atoms with Crippen molar-refractivity contribution in [2.24, 2.45) is 5.92 Å². The normalized spacial score (nSPS) is 12.0. The number of hydrogen-bond donors (Lipinski definition) is 0. The third-order valence-electron chi connectivity index (χ3n) is 0.547. The predicted octanol–water partition coefficient (Wildman–Crippen LogP) is -1.10. The molecule has 38 valence electrons. The lowest BCUT2D eigenvalue weighted by Crippen LogP contribution is -2.28. The highest BCUT2D eigenvalue weighted by atomic mass is 16.4. The molecule has 0 N–H and O–H groups in total. The van der Waals surface area contributed by atoms with Crippen molar-refractivity contribution in [3.63, 3.8) is 0 Å². The Balaban J connectivity index is 3.63. The number of carboxylic acids is 1. The molecule has 1 unspecified atom stereocenters. The summed E-state index contributed by atoms with van der Waals surface area (Å²) in [6.45, 7) is 1.27. The number of rotatable bonds is 1. The Morgan fingerprint density at radius 3 is 2.43 bits per heavy atom. The van der Waals surface area contributed by atoms with Gasteiger partial charge >= 0.3 is 0 Å². The van der Waals surface area contributed by atoms with Crippen molar-refractivity contribution in [1.29, 1.82) is 5.26 Å². The maximum atomic E-state index is 9.60. The van der Waals surface area contributed by atoms with Crippen LogP contribution in [0.25, 0.3) is 0 Å². The van der Waals surface area contributed by atoms with Gasteiger partial charge in [0.25, 0.3) is 0 Å². The van der Waals surface area contributed by atoms with Gasteiger partial charge in [-0.3, -0.25) is 0 Å². The topological polar surface area (TPSA) is 63.9 Å². The molecule has 7 heavy (non-hydrogen) atoms. The number of hydrogen-bond acceptors (Lipinski definition) is 3. The van der Waals surface area contributed by atoms with Crippen LogP contribution < -0.4 is 5.11 Å². The second kappa shape index (κ2) is 2.19. The molecule has 0 aromatic heterocycles. The fourth-order valence-corrected chi connectivity index (χ4v) is 0.0527. The first kappa shape index (κ1) is 5.96. The van der Waals surface area contributed by atoms with Crippen LogP contribution >= 0.6 is 0 Å².